The van der Waals surface area contributed by atoms with Gasteiger partial charge in [0.15, 0.2) is 0 Å². The highest BCUT2D eigenvalue weighted by molar-refractivity contribution is 5.63. The number of hydrogen-bond acceptors (Lipinski definition) is 2. The number of aromatic amines is 1. The summed E-state index contributed by atoms with van der Waals surface area (Å²) in [5, 5.41) is 9.08. The Morgan fingerprint density at radius 1 is 1.38 bits per heavy atom. The van der Waals surface area contributed by atoms with Crippen molar-refractivity contribution in [2.75, 3.05) is 0 Å². The Morgan fingerprint density at radius 2 is 2.19 bits per heavy atom. The zero-order valence-corrected chi connectivity index (χ0v) is 9.62. The van der Waals surface area contributed by atoms with Crippen molar-refractivity contribution in [1.82, 2.24) is 9.97 Å². The van der Waals surface area contributed by atoms with E-state index in [1.54, 1.807) is 0 Å². The fourth-order valence-corrected chi connectivity index (χ4v) is 1.83. The van der Waals surface area contributed by atoms with E-state index in [2.05, 4.69) is 35.9 Å². The summed E-state index contributed by atoms with van der Waals surface area (Å²) in [6.45, 7) is 4.10. The fraction of sp³-hybridized carbons (Fsp3) is 0.308. The molecular weight excluding hydrogens is 200 g/mol. The van der Waals surface area contributed by atoms with Gasteiger partial charge in [-0.2, -0.15) is 0 Å². The second kappa shape index (κ2) is 4.49. The predicted molar refractivity (Wildman–Crippen MR) is 64.1 cm³/mol. The number of rotatable bonds is 3. The van der Waals surface area contributed by atoms with Gasteiger partial charge in [0, 0.05) is 11.3 Å². The molecule has 0 aliphatic heterocycles. The van der Waals surface area contributed by atoms with E-state index in [1.165, 1.54) is 5.56 Å². The summed E-state index contributed by atoms with van der Waals surface area (Å²) in [4.78, 5) is 7.54. The van der Waals surface area contributed by atoms with Crippen molar-refractivity contribution >= 4 is 0 Å². The lowest BCUT2D eigenvalue weighted by molar-refractivity contribution is 0.272. The Kier molecular flexibility index (Phi) is 3.06. The third-order valence-corrected chi connectivity index (χ3v) is 2.62. The monoisotopic (exact) mass is 216 g/mol. The summed E-state index contributed by atoms with van der Waals surface area (Å²) in [7, 11) is 0. The standard InChI is InChI=1S/C13H16N2O/c1-3-11-13(15-12(8-16)14-11)10-6-4-5-9(2)7-10/h4-7,16H,3,8H2,1-2H3,(H,14,15). The minimum absolute atomic E-state index is 0.0428. The molecule has 1 heterocycles. The molecular formula is C13H16N2O. The van der Waals surface area contributed by atoms with E-state index in [4.69, 9.17) is 5.11 Å². The van der Waals surface area contributed by atoms with E-state index in [-0.39, 0.29) is 6.61 Å². The van der Waals surface area contributed by atoms with Gasteiger partial charge in [-0.25, -0.2) is 4.98 Å². The maximum Gasteiger partial charge on any atom is 0.132 e. The fourth-order valence-electron chi connectivity index (χ4n) is 1.83. The van der Waals surface area contributed by atoms with Gasteiger partial charge >= 0.3 is 0 Å². The molecule has 3 nitrogen and oxygen atoms in total. The van der Waals surface area contributed by atoms with E-state index >= 15 is 0 Å². The Labute approximate surface area is 95.2 Å². The van der Waals surface area contributed by atoms with Crippen LogP contribution in [-0.2, 0) is 13.0 Å². The first-order valence-corrected chi connectivity index (χ1v) is 5.50. The van der Waals surface area contributed by atoms with Crippen LogP contribution in [0.25, 0.3) is 11.3 Å². The number of aromatic nitrogens is 2. The van der Waals surface area contributed by atoms with E-state index in [9.17, 15) is 0 Å². The molecule has 0 bridgehead atoms. The third-order valence-electron chi connectivity index (χ3n) is 2.62. The maximum absolute atomic E-state index is 9.08. The molecule has 1 aromatic carbocycles. The third kappa shape index (κ3) is 1.99. The molecule has 84 valence electrons. The van der Waals surface area contributed by atoms with Crippen LogP contribution >= 0.6 is 0 Å². The number of nitrogens with one attached hydrogen (secondary N) is 1. The smallest absolute Gasteiger partial charge is 0.132 e. The van der Waals surface area contributed by atoms with Crippen LogP contribution in [0.4, 0.5) is 0 Å². The molecule has 1 aromatic heterocycles. The van der Waals surface area contributed by atoms with Crippen LogP contribution in [0.1, 0.15) is 24.0 Å². The molecule has 0 spiro atoms. The normalized spacial score (nSPS) is 10.7. The molecule has 0 saturated carbocycles. The summed E-state index contributed by atoms with van der Waals surface area (Å²) in [6, 6.07) is 8.24. The molecule has 2 rings (SSSR count). The zero-order valence-electron chi connectivity index (χ0n) is 9.62. The van der Waals surface area contributed by atoms with Crippen molar-refractivity contribution < 1.29 is 5.11 Å². The molecule has 0 aliphatic rings. The second-order valence-electron chi connectivity index (χ2n) is 3.89. The molecule has 0 saturated heterocycles. The molecule has 0 radical (unpaired) electrons. The van der Waals surface area contributed by atoms with Gasteiger partial charge < -0.3 is 10.1 Å². The highest BCUT2D eigenvalue weighted by Crippen LogP contribution is 2.23. The van der Waals surface area contributed by atoms with Crippen molar-refractivity contribution in [3.8, 4) is 11.3 Å². The number of aliphatic hydroxyl groups excluding tert-OH is 1. The topological polar surface area (TPSA) is 48.9 Å². The lowest BCUT2D eigenvalue weighted by Gasteiger charge is -2.01. The molecule has 16 heavy (non-hydrogen) atoms. The average Bonchev–Trinajstić information content (AvgIpc) is 2.72. The lowest BCUT2D eigenvalue weighted by Crippen LogP contribution is -1.86. The van der Waals surface area contributed by atoms with Crippen LogP contribution in [0.15, 0.2) is 24.3 Å². The van der Waals surface area contributed by atoms with E-state index < -0.39 is 0 Å². The summed E-state index contributed by atoms with van der Waals surface area (Å²) < 4.78 is 0. The highest BCUT2D eigenvalue weighted by atomic mass is 16.3. The minimum atomic E-state index is -0.0428. The molecule has 0 unspecified atom stereocenters. The minimum Gasteiger partial charge on any atom is -0.388 e. The molecule has 0 atom stereocenters. The van der Waals surface area contributed by atoms with Gasteiger partial charge in [-0.1, -0.05) is 30.7 Å². The predicted octanol–water partition coefficient (Wildman–Crippen LogP) is 2.44. The van der Waals surface area contributed by atoms with Crippen LogP contribution < -0.4 is 0 Å². The van der Waals surface area contributed by atoms with Gasteiger partial charge in [-0.15, -0.1) is 0 Å². The molecule has 2 N–H and O–H groups in total. The average molecular weight is 216 g/mol. The summed E-state index contributed by atoms with van der Waals surface area (Å²) >= 11 is 0. The number of benzene rings is 1. The summed E-state index contributed by atoms with van der Waals surface area (Å²) in [5.74, 6) is 0.633. The number of aliphatic hydroxyl groups is 1. The van der Waals surface area contributed by atoms with Crippen LogP contribution in [0.2, 0.25) is 0 Å². The Hall–Kier alpha value is -1.61. The maximum atomic E-state index is 9.08. The van der Waals surface area contributed by atoms with Crippen LogP contribution in [0.5, 0.6) is 0 Å². The van der Waals surface area contributed by atoms with Crippen molar-refractivity contribution in [2.24, 2.45) is 0 Å². The van der Waals surface area contributed by atoms with Crippen molar-refractivity contribution in [3.05, 3.63) is 41.3 Å². The molecule has 0 amide bonds. The van der Waals surface area contributed by atoms with Gasteiger partial charge in [-0.3, -0.25) is 0 Å². The van der Waals surface area contributed by atoms with E-state index in [0.29, 0.717) is 5.82 Å². The highest BCUT2D eigenvalue weighted by Gasteiger charge is 2.10. The van der Waals surface area contributed by atoms with Gasteiger partial charge in [0.05, 0.1) is 5.69 Å². The van der Waals surface area contributed by atoms with Gasteiger partial charge in [-0.05, 0) is 19.4 Å². The van der Waals surface area contributed by atoms with Crippen LogP contribution in [-0.4, -0.2) is 15.1 Å². The first-order chi connectivity index (χ1) is 7.74. The first-order valence-electron chi connectivity index (χ1n) is 5.50. The number of aryl methyl sites for hydroxylation is 2. The quantitative estimate of drug-likeness (QED) is 0.827. The number of H-pyrrole nitrogens is 1. The van der Waals surface area contributed by atoms with Crippen molar-refractivity contribution in [2.45, 2.75) is 26.9 Å². The first kappa shape index (κ1) is 10.9. The number of hydrogen-bond donors (Lipinski definition) is 2. The molecule has 3 heteroatoms. The Balaban J connectivity index is 2.50. The van der Waals surface area contributed by atoms with Crippen molar-refractivity contribution in [1.29, 1.82) is 0 Å². The van der Waals surface area contributed by atoms with E-state index in [0.717, 1.165) is 23.4 Å². The summed E-state index contributed by atoms with van der Waals surface area (Å²) in [5.41, 5.74) is 4.35. The largest absolute Gasteiger partial charge is 0.388 e. The van der Waals surface area contributed by atoms with Gasteiger partial charge in [0.25, 0.3) is 0 Å². The molecule has 0 aliphatic carbocycles. The summed E-state index contributed by atoms with van der Waals surface area (Å²) in [6.07, 6.45) is 0.885. The van der Waals surface area contributed by atoms with Gasteiger partial charge in [0.1, 0.15) is 12.4 Å². The number of nitrogens with zero attached hydrogens (tertiary/aromatic N) is 1. The second-order valence-corrected chi connectivity index (χ2v) is 3.89. The van der Waals surface area contributed by atoms with Gasteiger partial charge in [0.2, 0.25) is 0 Å². The Morgan fingerprint density at radius 3 is 2.81 bits per heavy atom. The van der Waals surface area contributed by atoms with E-state index in [1.807, 2.05) is 12.1 Å². The Bertz CT molecular complexity index is 488. The molecule has 2 aromatic rings. The van der Waals surface area contributed by atoms with Crippen LogP contribution in [0, 0.1) is 6.92 Å². The zero-order chi connectivity index (χ0) is 11.5. The lowest BCUT2D eigenvalue weighted by atomic mass is 10.1. The number of imidazole rings is 1. The SMILES string of the molecule is CCc1[nH]c(CO)nc1-c1cccc(C)c1. The van der Waals surface area contributed by atoms with Crippen molar-refractivity contribution in [3.63, 3.8) is 0 Å². The van der Waals surface area contributed by atoms with Crippen LogP contribution in [0.3, 0.4) is 0 Å². The molecule has 0 fully saturated rings.